The Bertz CT molecular complexity index is 517. The van der Waals surface area contributed by atoms with Crippen LogP contribution in [0.25, 0.3) is 0 Å². The van der Waals surface area contributed by atoms with Gasteiger partial charge in [0.25, 0.3) is 0 Å². The van der Waals surface area contributed by atoms with Gasteiger partial charge in [0.05, 0.1) is 19.8 Å². The molecular weight excluding hydrogens is 282 g/mol. The van der Waals surface area contributed by atoms with Gasteiger partial charge in [0.15, 0.2) is 0 Å². The van der Waals surface area contributed by atoms with Crippen molar-refractivity contribution in [3.05, 3.63) is 45.5 Å². The molecule has 0 unspecified atom stereocenters. The van der Waals surface area contributed by atoms with Crippen LogP contribution in [0.5, 0.6) is 0 Å². The van der Waals surface area contributed by atoms with E-state index >= 15 is 0 Å². The van der Waals surface area contributed by atoms with E-state index in [0.717, 1.165) is 43.2 Å². The van der Waals surface area contributed by atoms with Gasteiger partial charge in [-0.3, -0.25) is 0 Å². The maximum absolute atomic E-state index is 5.76. The first-order chi connectivity index (χ1) is 10.1. The standard InChI is InChI=1S/C17H25NO2S/c1-13(2)10-18-11-16-9-15(14(3)20-16)12-19-7-6-17-5-4-8-21-17/h4-5,8-9,13,18H,6-7,10-12H2,1-3H3. The summed E-state index contributed by atoms with van der Waals surface area (Å²) in [6.07, 6.45) is 0.983. The summed E-state index contributed by atoms with van der Waals surface area (Å²) in [5.41, 5.74) is 1.16. The van der Waals surface area contributed by atoms with Gasteiger partial charge in [0, 0.05) is 16.9 Å². The molecule has 0 radical (unpaired) electrons. The normalized spacial score (nSPS) is 11.4. The van der Waals surface area contributed by atoms with Gasteiger partial charge in [0.2, 0.25) is 0 Å². The van der Waals surface area contributed by atoms with Crippen molar-refractivity contribution < 1.29 is 9.15 Å². The fraction of sp³-hybridized carbons (Fsp3) is 0.529. The second-order valence-corrected chi connectivity index (χ2v) is 6.73. The summed E-state index contributed by atoms with van der Waals surface area (Å²) in [5.74, 6) is 2.61. The zero-order chi connectivity index (χ0) is 15.1. The van der Waals surface area contributed by atoms with E-state index in [2.05, 4.69) is 42.7 Å². The second kappa shape index (κ2) is 8.37. The summed E-state index contributed by atoms with van der Waals surface area (Å²) in [6, 6.07) is 6.33. The summed E-state index contributed by atoms with van der Waals surface area (Å²) in [6.45, 7) is 9.59. The van der Waals surface area contributed by atoms with Gasteiger partial charge in [-0.2, -0.15) is 0 Å². The van der Waals surface area contributed by atoms with E-state index in [1.807, 2.05) is 6.92 Å². The van der Waals surface area contributed by atoms with Crippen molar-refractivity contribution in [1.29, 1.82) is 0 Å². The van der Waals surface area contributed by atoms with Gasteiger partial charge < -0.3 is 14.5 Å². The Morgan fingerprint density at radius 3 is 2.95 bits per heavy atom. The molecule has 0 aliphatic carbocycles. The van der Waals surface area contributed by atoms with Gasteiger partial charge in [-0.15, -0.1) is 11.3 Å². The molecule has 0 amide bonds. The van der Waals surface area contributed by atoms with E-state index in [9.17, 15) is 0 Å². The quantitative estimate of drug-likeness (QED) is 0.707. The molecule has 2 rings (SSSR count). The van der Waals surface area contributed by atoms with E-state index in [4.69, 9.17) is 9.15 Å². The lowest BCUT2D eigenvalue weighted by Gasteiger charge is -2.04. The molecule has 0 fully saturated rings. The highest BCUT2D eigenvalue weighted by Crippen LogP contribution is 2.16. The summed E-state index contributed by atoms with van der Waals surface area (Å²) < 4.78 is 11.5. The Labute approximate surface area is 131 Å². The molecule has 2 heterocycles. The van der Waals surface area contributed by atoms with Crippen LogP contribution >= 0.6 is 11.3 Å². The Morgan fingerprint density at radius 2 is 2.24 bits per heavy atom. The first kappa shape index (κ1) is 16.3. The molecule has 0 aliphatic rings. The molecular formula is C17H25NO2S. The van der Waals surface area contributed by atoms with Crippen LogP contribution in [0.15, 0.2) is 28.0 Å². The first-order valence-electron chi connectivity index (χ1n) is 7.54. The fourth-order valence-corrected chi connectivity index (χ4v) is 2.80. The third kappa shape index (κ3) is 5.65. The van der Waals surface area contributed by atoms with Crippen LogP contribution in [0.2, 0.25) is 0 Å². The molecule has 0 saturated carbocycles. The second-order valence-electron chi connectivity index (χ2n) is 5.70. The van der Waals surface area contributed by atoms with E-state index in [0.29, 0.717) is 12.5 Å². The molecule has 4 heteroatoms. The van der Waals surface area contributed by atoms with Crippen molar-refractivity contribution in [3.63, 3.8) is 0 Å². The molecule has 21 heavy (non-hydrogen) atoms. The summed E-state index contributed by atoms with van der Waals surface area (Å²) >= 11 is 1.78. The number of hydrogen-bond acceptors (Lipinski definition) is 4. The summed E-state index contributed by atoms with van der Waals surface area (Å²) in [4.78, 5) is 1.37. The predicted octanol–water partition coefficient (Wildman–Crippen LogP) is 4.15. The Morgan fingerprint density at radius 1 is 1.38 bits per heavy atom. The van der Waals surface area contributed by atoms with E-state index in [1.165, 1.54) is 4.88 Å². The number of hydrogen-bond donors (Lipinski definition) is 1. The molecule has 0 bridgehead atoms. The highest BCUT2D eigenvalue weighted by molar-refractivity contribution is 7.09. The number of ether oxygens (including phenoxy) is 1. The van der Waals surface area contributed by atoms with Crippen molar-refractivity contribution in [3.8, 4) is 0 Å². The van der Waals surface area contributed by atoms with Crippen molar-refractivity contribution in [2.24, 2.45) is 5.92 Å². The van der Waals surface area contributed by atoms with Gasteiger partial charge in [-0.05, 0) is 36.9 Å². The number of aryl methyl sites for hydroxylation is 1. The highest BCUT2D eigenvalue weighted by Gasteiger charge is 2.07. The topological polar surface area (TPSA) is 34.4 Å². The predicted molar refractivity (Wildman–Crippen MR) is 87.7 cm³/mol. The van der Waals surface area contributed by atoms with Crippen LogP contribution in [-0.4, -0.2) is 13.2 Å². The minimum absolute atomic E-state index is 0.630. The van der Waals surface area contributed by atoms with Gasteiger partial charge in [0.1, 0.15) is 11.5 Å². The van der Waals surface area contributed by atoms with E-state index in [1.54, 1.807) is 11.3 Å². The van der Waals surface area contributed by atoms with E-state index in [-0.39, 0.29) is 0 Å². The minimum atomic E-state index is 0.630. The highest BCUT2D eigenvalue weighted by atomic mass is 32.1. The van der Waals surface area contributed by atoms with Crippen LogP contribution in [0.4, 0.5) is 0 Å². The third-order valence-corrected chi connectivity index (χ3v) is 4.19. The van der Waals surface area contributed by atoms with Crippen LogP contribution in [0.3, 0.4) is 0 Å². The lowest BCUT2D eigenvalue weighted by molar-refractivity contribution is 0.123. The first-order valence-corrected chi connectivity index (χ1v) is 8.42. The zero-order valence-corrected chi connectivity index (χ0v) is 14.0. The smallest absolute Gasteiger partial charge is 0.118 e. The molecule has 1 N–H and O–H groups in total. The van der Waals surface area contributed by atoms with Crippen LogP contribution in [0, 0.1) is 12.8 Å². The molecule has 0 saturated heterocycles. The van der Waals surface area contributed by atoms with Crippen molar-refractivity contribution >= 4 is 11.3 Å². The van der Waals surface area contributed by atoms with Crippen LogP contribution in [0.1, 0.15) is 35.8 Å². The maximum Gasteiger partial charge on any atom is 0.118 e. The maximum atomic E-state index is 5.76. The Kier molecular flexibility index (Phi) is 6.49. The largest absolute Gasteiger partial charge is 0.465 e. The molecule has 116 valence electrons. The molecule has 0 aliphatic heterocycles. The molecule has 0 spiro atoms. The third-order valence-electron chi connectivity index (χ3n) is 3.25. The number of thiophene rings is 1. The summed E-state index contributed by atoms with van der Waals surface area (Å²) in [7, 11) is 0. The molecule has 3 nitrogen and oxygen atoms in total. The molecule has 0 atom stereocenters. The molecule has 2 aromatic heterocycles. The van der Waals surface area contributed by atoms with Crippen molar-refractivity contribution in [2.45, 2.75) is 40.3 Å². The molecule has 2 aromatic rings. The lowest BCUT2D eigenvalue weighted by Crippen LogP contribution is -2.18. The molecule has 0 aromatic carbocycles. The SMILES string of the molecule is Cc1oc(CNCC(C)C)cc1COCCc1cccs1. The Balaban J connectivity index is 1.71. The summed E-state index contributed by atoms with van der Waals surface area (Å²) in [5, 5.41) is 5.50. The average molecular weight is 307 g/mol. The number of rotatable bonds is 9. The average Bonchev–Trinajstić information content (AvgIpc) is 3.05. The van der Waals surface area contributed by atoms with Gasteiger partial charge >= 0.3 is 0 Å². The Hall–Kier alpha value is -1.10. The van der Waals surface area contributed by atoms with Gasteiger partial charge in [-0.25, -0.2) is 0 Å². The lowest BCUT2D eigenvalue weighted by atomic mass is 10.2. The number of nitrogens with one attached hydrogen (secondary N) is 1. The zero-order valence-electron chi connectivity index (χ0n) is 13.1. The van der Waals surface area contributed by atoms with E-state index < -0.39 is 0 Å². The van der Waals surface area contributed by atoms with Crippen LogP contribution in [-0.2, 0) is 24.3 Å². The van der Waals surface area contributed by atoms with Crippen molar-refractivity contribution in [1.82, 2.24) is 5.32 Å². The van der Waals surface area contributed by atoms with Gasteiger partial charge in [-0.1, -0.05) is 19.9 Å². The van der Waals surface area contributed by atoms with Crippen molar-refractivity contribution in [2.75, 3.05) is 13.2 Å². The van der Waals surface area contributed by atoms with Crippen LogP contribution < -0.4 is 5.32 Å². The fourth-order valence-electron chi connectivity index (χ4n) is 2.11. The monoisotopic (exact) mass is 307 g/mol. The number of furan rings is 1. The minimum Gasteiger partial charge on any atom is -0.465 e.